The van der Waals surface area contributed by atoms with Crippen LogP contribution in [0.4, 0.5) is 10.2 Å². The Morgan fingerprint density at radius 2 is 2.08 bits per heavy atom. The summed E-state index contributed by atoms with van der Waals surface area (Å²) in [5.41, 5.74) is 0.644. The summed E-state index contributed by atoms with van der Waals surface area (Å²) in [6, 6.07) is 7.04. The molecule has 3 rings (SSSR count). The largest absolute Gasteiger partial charge is 0.451 e. The van der Waals surface area contributed by atoms with E-state index < -0.39 is 24.3 Å². The number of ether oxygens (including phenoxy) is 1. The van der Waals surface area contributed by atoms with E-state index in [1.165, 1.54) is 47.4 Å². The lowest BCUT2D eigenvalue weighted by Crippen LogP contribution is -2.22. The van der Waals surface area contributed by atoms with Gasteiger partial charge in [-0.2, -0.15) is 0 Å². The lowest BCUT2D eigenvalue weighted by Gasteiger charge is -2.08. The lowest BCUT2D eigenvalue weighted by atomic mass is 10.3. The quantitative estimate of drug-likeness (QED) is 0.712. The van der Waals surface area contributed by atoms with E-state index >= 15 is 0 Å². The summed E-state index contributed by atoms with van der Waals surface area (Å²) in [7, 11) is 0. The Bertz CT molecular complexity index is 901. The standard InChI is InChI=1S/C16H13FN4O4/c1-10-6-14(20-25-10)19-15(22)8-24-16(23)13-7-18-9-21(13)12-4-2-11(17)3-5-12/h2-7,9H,8H2,1H3,(H,19,20,22). The van der Waals surface area contributed by atoms with Crippen molar-refractivity contribution in [2.24, 2.45) is 0 Å². The summed E-state index contributed by atoms with van der Waals surface area (Å²) in [6.45, 7) is 1.18. The van der Waals surface area contributed by atoms with Gasteiger partial charge >= 0.3 is 5.97 Å². The average molecular weight is 344 g/mol. The van der Waals surface area contributed by atoms with E-state index in [9.17, 15) is 14.0 Å². The van der Waals surface area contributed by atoms with Gasteiger partial charge in [0, 0.05) is 11.8 Å². The summed E-state index contributed by atoms with van der Waals surface area (Å²) in [5, 5.41) is 6.03. The molecule has 1 N–H and O–H groups in total. The molecule has 8 nitrogen and oxygen atoms in total. The molecule has 1 aromatic carbocycles. The van der Waals surface area contributed by atoms with Gasteiger partial charge in [0.1, 0.15) is 11.6 Å². The Morgan fingerprint density at radius 3 is 2.76 bits per heavy atom. The maximum Gasteiger partial charge on any atom is 0.357 e. The number of hydrogen-bond acceptors (Lipinski definition) is 6. The molecule has 2 aromatic heterocycles. The Morgan fingerprint density at radius 1 is 1.32 bits per heavy atom. The first-order valence-electron chi connectivity index (χ1n) is 7.21. The number of anilines is 1. The van der Waals surface area contributed by atoms with Crippen molar-refractivity contribution in [2.75, 3.05) is 11.9 Å². The predicted octanol–water partition coefficient (Wildman–Crippen LogP) is 2.10. The smallest absolute Gasteiger partial charge is 0.357 e. The zero-order valence-corrected chi connectivity index (χ0v) is 13.1. The molecule has 3 aromatic rings. The van der Waals surface area contributed by atoms with Gasteiger partial charge in [0.05, 0.1) is 12.5 Å². The molecule has 9 heteroatoms. The van der Waals surface area contributed by atoms with Gasteiger partial charge in [-0.15, -0.1) is 0 Å². The third-order valence-corrected chi connectivity index (χ3v) is 3.18. The van der Waals surface area contributed by atoms with Crippen LogP contribution in [-0.2, 0) is 9.53 Å². The number of imidazole rings is 1. The van der Waals surface area contributed by atoms with Crippen LogP contribution in [0.2, 0.25) is 0 Å². The minimum Gasteiger partial charge on any atom is -0.451 e. The number of carbonyl (C=O) groups excluding carboxylic acids is 2. The molecule has 0 fully saturated rings. The molecular formula is C16H13FN4O4. The highest BCUT2D eigenvalue weighted by atomic mass is 19.1. The van der Waals surface area contributed by atoms with E-state index in [4.69, 9.17) is 9.26 Å². The number of esters is 1. The minimum absolute atomic E-state index is 0.108. The fourth-order valence-corrected chi connectivity index (χ4v) is 2.06. The molecule has 0 radical (unpaired) electrons. The highest BCUT2D eigenvalue weighted by molar-refractivity contribution is 5.94. The van der Waals surface area contributed by atoms with Gasteiger partial charge in [-0.3, -0.25) is 9.36 Å². The molecule has 0 bridgehead atoms. The third-order valence-electron chi connectivity index (χ3n) is 3.18. The fourth-order valence-electron chi connectivity index (χ4n) is 2.06. The molecule has 25 heavy (non-hydrogen) atoms. The summed E-state index contributed by atoms with van der Waals surface area (Å²) in [4.78, 5) is 27.8. The highest BCUT2D eigenvalue weighted by Crippen LogP contribution is 2.13. The van der Waals surface area contributed by atoms with Gasteiger partial charge in [-0.25, -0.2) is 14.2 Å². The molecule has 128 valence electrons. The van der Waals surface area contributed by atoms with Gasteiger partial charge in [0.25, 0.3) is 5.91 Å². The van der Waals surface area contributed by atoms with Crippen LogP contribution in [0.15, 0.2) is 47.4 Å². The number of halogens is 1. The second-order valence-corrected chi connectivity index (χ2v) is 5.07. The van der Waals surface area contributed by atoms with E-state index in [0.717, 1.165) is 0 Å². The zero-order valence-electron chi connectivity index (χ0n) is 13.1. The lowest BCUT2D eigenvalue weighted by molar-refractivity contribution is -0.119. The number of nitrogens with one attached hydrogen (secondary N) is 1. The van der Waals surface area contributed by atoms with Crippen LogP contribution < -0.4 is 5.32 Å². The monoisotopic (exact) mass is 344 g/mol. The molecule has 1 amide bonds. The van der Waals surface area contributed by atoms with E-state index in [2.05, 4.69) is 15.5 Å². The first-order chi connectivity index (χ1) is 12.0. The molecule has 0 saturated carbocycles. The van der Waals surface area contributed by atoms with Crippen LogP contribution in [-0.4, -0.2) is 33.2 Å². The normalized spacial score (nSPS) is 10.5. The summed E-state index contributed by atoms with van der Waals surface area (Å²) in [5.74, 6) is -0.930. The number of hydrogen-bond donors (Lipinski definition) is 1. The summed E-state index contributed by atoms with van der Waals surface area (Å²) in [6.07, 6.45) is 2.69. The Kier molecular flexibility index (Phi) is 4.55. The molecule has 2 heterocycles. The van der Waals surface area contributed by atoms with Gasteiger partial charge in [0.2, 0.25) is 0 Å². The number of carbonyl (C=O) groups is 2. The molecule has 0 saturated heterocycles. The fraction of sp³-hybridized carbons (Fsp3) is 0.125. The molecule has 0 spiro atoms. The SMILES string of the molecule is Cc1cc(NC(=O)COC(=O)c2cncn2-c2ccc(F)cc2)no1. The van der Waals surface area contributed by atoms with Crippen LogP contribution in [0.5, 0.6) is 0 Å². The first-order valence-corrected chi connectivity index (χ1v) is 7.21. The Labute approximate surface area is 141 Å². The minimum atomic E-state index is -0.742. The van der Waals surface area contributed by atoms with Gasteiger partial charge in [-0.05, 0) is 31.2 Å². The first kappa shape index (κ1) is 16.4. The number of aromatic nitrogens is 3. The molecule has 0 unspecified atom stereocenters. The van der Waals surface area contributed by atoms with Crippen LogP contribution in [0, 0.1) is 12.7 Å². The van der Waals surface area contributed by atoms with E-state index in [-0.39, 0.29) is 11.5 Å². The number of aryl methyl sites for hydroxylation is 1. The molecular weight excluding hydrogens is 331 g/mol. The van der Waals surface area contributed by atoms with Crippen molar-refractivity contribution in [3.8, 4) is 5.69 Å². The van der Waals surface area contributed by atoms with Crippen molar-refractivity contribution in [1.82, 2.24) is 14.7 Å². The van der Waals surface area contributed by atoms with Gasteiger partial charge < -0.3 is 14.6 Å². The summed E-state index contributed by atoms with van der Waals surface area (Å²) < 4.78 is 24.2. The average Bonchev–Trinajstić information content (AvgIpc) is 3.22. The van der Waals surface area contributed by atoms with Crippen molar-refractivity contribution >= 4 is 17.7 Å². The second-order valence-electron chi connectivity index (χ2n) is 5.07. The van der Waals surface area contributed by atoms with Crippen molar-refractivity contribution in [3.05, 3.63) is 60.1 Å². The highest BCUT2D eigenvalue weighted by Gasteiger charge is 2.16. The van der Waals surface area contributed by atoms with E-state index in [1.807, 2.05) is 0 Å². The molecule has 0 atom stereocenters. The van der Waals surface area contributed by atoms with Crippen LogP contribution >= 0.6 is 0 Å². The second kappa shape index (κ2) is 6.95. The van der Waals surface area contributed by atoms with Gasteiger partial charge in [-0.1, -0.05) is 5.16 Å². The molecule has 0 aliphatic carbocycles. The Hall–Kier alpha value is -3.49. The maximum atomic E-state index is 13.0. The maximum absolute atomic E-state index is 13.0. The number of amides is 1. The molecule has 0 aliphatic heterocycles. The van der Waals surface area contributed by atoms with E-state index in [1.54, 1.807) is 6.92 Å². The summed E-state index contributed by atoms with van der Waals surface area (Å²) >= 11 is 0. The van der Waals surface area contributed by atoms with Crippen molar-refractivity contribution < 1.29 is 23.2 Å². The number of nitrogens with zero attached hydrogens (tertiary/aromatic N) is 3. The van der Waals surface area contributed by atoms with Crippen LogP contribution in [0.3, 0.4) is 0 Å². The van der Waals surface area contributed by atoms with Crippen LogP contribution in [0.25, 0.3) is 5.69 Å². The third kappa shape index (κ3) is 3.89. The van der Waals surface area contributed by atoms with Crippen molar-refractivity contribution in [2.45, 2.75) is 6.92 Å². The Balaban J connectivity index is 1.63. The van der Waals surface area contributed by atoms with Crippen molar-refractivity contribution in [3.63, 3.8) is 0 Å². The van der Waals surface area contributed by atoms with Gasteiger partial charge in [0.15, 0.2) is 18.1 Å². The predicted molar refractivity (Wildman–Crippen MR) is 83.7 cm³/mol. The zero-order chi connectivity index (χ0) is 17.8. The van der Waals surface area contributed by atoms with Crippen molar-refractivity contribution in [1.29, 1.82) is 0 Å². The number of benzene rings is 1. The molecule has 0 aliphatic rings. The van der Waals surface area contributed by atoms with Crippen LogP contribution in [0.1, 0.15) is 16.2 Å². The number of rotatable bonds is 5. The van der Waals surface area contributed by atoms with E-state index in [0.29, 0.717) is 11.4 Å². The topological polar surface area (TPSA) is 99.2 Å².